The predicted molar refractivity (Wildman–Crippen MR) is 100 cm³/mol. The Kier molecular flexibility index (Phi) is 5.75. The highest BCUT2D eigenvalue weighted by Gasteiger charge is 2.34. The number of rotatable bonds is 6. The number of thiophene rings is 1. The van der Waals surface area contributed by atoms with Gasteiger partial charge < -0.3 is 10.2 Å². The average molecular weight is 379 g/mol. The molecule has 2 amide bonds. The van der Waals surface area contributed by atoms with Crippen LogP contribution in [0.2, 0.25) is 0 Å². The Hall–Kier alpha value is -1.86. The molecule has 0 bridgehead atoms. The number of sulfone groups is 1. The Bertz CT molecular complexity index is 789. The van der Waals surface area contributed by atoms with Crippen LogP contribution in [0.5, 0.6) is 0 Å². The van der Waals surface area contributed by atoms with Gasteiger partial charge in [-0.1, -0.05) is 36.4 Å². The molecule has 2 aromatic rings. The first-order valence-corrected chi connectivity index (χ1v) is 11.0. The number of benzene rings is 1. The molecule has 1 aliphatic heterocycles. The van der Waals surface area contributed by atoms with Crippen molar-refractivity contribution < 1.29 is 13.2 Å². The minimum Gasteiger partial charge on any atom is -0.338 e. The van der Waals surface area contributed by atoms with E-state index in [0.717, 1.165) is 12.0 Å². The van der Waals surface area contributed by atoms with Gasteiger partial charge in [-0.15, -0.1) is 11.3 Å². The Morgan fingerprint density at radius 1 is 1.20 bits per heavy atom. The smallest absolute Gasteiger partial charge is 0.317 e. The SMILES string of the molecule is O=C(NCCc1cccs1)N(Cc1ccccc1)[C@@H]1CCS(=O)(=O)C1. The van der Waals surface area contributed by atoms with E-state index < -0.39 is 9.84 Å². The van der Waals surface area contributed by atoms with Crippen LogP contribution in [0.25, 0.3) is 0 Å². The fourth-order valence-electron chi connectivity index (χ4n) is 3.02. The second-order valence-electron chi connectivity index (χ2n) is 6.23. The molecule has 7 heteroatoms. The lowest BCUT2D eigenvalue weighted by molar-refractivity contribution is 0.176. The zero-order valence-electron chi connectivity index (χ0n) is 13.9. The van der Waals surface area contributed by atoms with Crippen molar-refractivity contribution in [1.29, 1.82) is 0 Å². The van der Waals surface area contributed by atoms with Crippen molar-refractivity contribution in [3.05, 3.63) is 58.3 Å². The van der Waals surface area contributed by atoms with Crippen molar-refractivity contribution in [3.8, 4) is 0 Å². The van der Waals surface area contributed by atoms with E-state index in [1.54, 1.807) is 16.2 Å². The molecule has 1 aromatic heterocycles. The third kappa shape index (κ3) is 5.06. The van der Waals surface area contributed by atoms with Gasteiger partial charge in [0.05, 0.1) is 11.5 Å². The molecular weight excluding hydrogens is 356 g/mol. The number of hydrogen-bond acceptors (Lipinski definition) is 4. The topological polar surface area (TPSA) is 66.5 Å². The quantitative estimate of drug-likeness (QED) is 0.840. The molecule has 1 atom stereocenters. The molecule has 5 nitrogen and oxygen atoms in total. The highest BCUT2D eigenvalue weighted by molar-refractivity contribution is 7.91. The molecule has 3 rings (SSSR count). The van der Waals surface area contributed by atoms with Gasteiger partial charge in [-0.25, -0.2) is 13.2 Å². The number of carbonyl (C=O) groups excluding carboxylic acids is 1. The number of amides is 2. The summed E-state index contributed by atoms with van der Waals surface area (Å²) in [6.07, 6.45) is 1.29. The summed E-state index contributed by atoms with van der Waals surface area (Å²) < 4.78 is 23.7. The van der Waals surface area contributed by atoms with Gasteiger partial charge in [0, 0.05) is 24.0 Å². The molecular formula is C18H22N2O3S2. The number of nitrogens with zero attached hydrogens (tertiary/aromatic N) is 1. The van der Waals surface area contributed by atoms with Crippen LogP contribution in [0.15, 0.2) is 47.8 Å². The van der Waals surface area contributed by atoms with Gasteiger partial charge in [0.15, 0.2) is 9.84 Å². The van der Waals surface area contributed by atoms with Crippen LogP contribution in [-0.4, -0.2) is 43.4 Å². The van der Waals surface area contributed by atoms with E-state index >= 15 is 0 Å². The van der Waals surface area contributed by atoms with E-state index in [4.69, 9.17) is 0 Å². The van der Waals surface area contributed by atoms with Crippen molar-refractivity contribution in [2.75, 3.05) is 18.1 Å². The summed E-state index contributed by atoms with van der Waals surface area (Å²) in [5, 5.41) is 4.96. The summed E-state index contributed by atoms with van der Waals surface area (Å²) in [7, 11) is -3.04. The fraction of sp³-hybridized carbons (Fsp3) is 0.389. The van der Waals surface area contributed by atoms with Crippen LogP contribution in [0.1, 0.15) is 16.9 Å². The summed E-state index contributed by atoms with van der Waals surface area (Å²) >= 11 is 1.67. The van der Waals surface area contributed by atoms with Crippen LogP contribution >= 0.6 is 11.3 Å². The lowest BCUT2D eigenvalue weighted by Gasteiger charge is -2.28. The van der Waals surface area contributed by atoms with Gasteiger partial charge in [0.25, 0.3) is 0 Å². The highest BCUT2D eigenvalue weighted by atomic mass is 32.2. The second kappa shape index (κ2) is 8.01. The van der Waals surface area contributed by atoms with Crippen molar-refractivity contribution >= 4 is 27.2 Å². The van der Waals surface area contributed by atoms with Crippen molar-refractivity contribution in [2.24, 2.45) is 0 Å². The maximum atomic E-state index is 12.7. The number of carbonyl (C=O) groups is 1. The Labute approximate surface area is 152 Å². The first-order valence-electron chi connectivity index (χ1n) is 8.35. The molecule has 0 unspecified atom stereocenters. The molecule has 0 aliphatic carbocycles. The van der Waals surface area contributed by atoms with Gasteiger partial charge in [0.1, 0.15) is 0 Å². The van der Waals surface area contributed by atoms with E-state index in [1.165, 1.54) is 4.88 Å². The summed E-state index contributed by atoms with van der Waals surface area (Å²) in [6, 6.07) is 13.3. The van der Waals surface area contributed by atoms with Crippen molar-refractivity contribution in [2.45, 2.75) is 25.4 Å². The Morgan fingerprint density at radius 3 is 2.64 bits per heavy atom. The summed E-state index contributed by atoms with van der Waals surface area (Å²) in [6.45, 7) is 0.968. The maximum absolute atomic E-state index is 12.7. The normalized spacial score (nSPS) is 18.8. The molecule has 1 saturated heterocycles. The highest BCUT2D eigenvalue weighted by Crippen LogP contribution is 2.20. The maximum Gasteiger partial charge on any atom is 0.317 e. The Balaban J connectivity index is 1.65. The van der Waals surface area contributed by atoms with Crippen molar-refractivity contribution in [3.63, 3.8) is 0 Å². The van der Waals surface area contributed by atoms with Crippen LogP contribution in [-0.2, 0) is 22.8 Å². The van der Waals surface area contributed by atoms with Gasteiger partial charge in [-0.3, -0.25) is 0 Å². The minimum absolute atomic E-state index is 0.0537. The molecule has 0 radical (unpaired) electrons. The zero-order valence-corrected chi connectivity index (χ0v) is 15.6. The first-order chi connectivity index (χ1) is 12.0. The van der Waals surface area contributed by atoms with E-state index in [9.17, 15) is 13.2 Å². The largest absolute Gasteiger partial charge is 0.338 e. The van der Waals surface area contributed by atoms with Gasteiger partial charge >= 0.3 is 6.03 Å². The monoisotopic (exact) mass is 378 g/mol. The summed E-state index contributed by atoms with van der Waals surface area (Å²) in [5.74, 6) is 0.212. The molecule has 1 fully saturated rings. The molecule has 134 valence electrons. The number of urea groups is 1. The van der Waals surface area contributed by atoms with Crippen LogP contribution in [0.3, 0.4) is 0 Å². The van der Waals surface area contributed by atoms with Crippen LogP contribution in [0, 0.1) is 0 Å². The first kappa shape index (κ1) is 17.9. The third-order valence-corrected chi connectivity index (χ3v) is 7.02. The molecule has 0 spiro atoms. The minimum atomic E-state index is -3.04. The molecule has 2 heterocycles. The van der Waals surface area contributed by atoms with E-state index in [1.807, 2.05) is 47.8 Å². The van der Waals surface area contributed by atoms with Crippen LogP contribution in [0.4, 0.5) is 4.79 Å². The third-order valence-electron chi connectivity index (χ3n) is 4.33. The summed E-state index contributed by atoms with van der Waals surface area (Å²) in [4.78, 5) is 15.6. The van der Waals surface area contributed by atoms with Gasteiger partial charge in [0.2, 0.25) is 0 Å². The van der Waals surface area contributed by atoms with Crippen LogP contribution < -0.4 is 5.32 Å². The molecule has 1 aliphatic rings. The van der Waals surface area contributed by atoms with E-state index in [0.29, 0.717) is 19.5 Å². The molecule has 0 saturated carbocycles. The van der Waals surface area contributed by atoms with Crippen molar-refractivity contribution in [1.82, 2.24) is 10.2 Å². The van der Waals surface area contributed by atoms with E-state index in [-0.39, 0.29) is 23.6 Å². The van der Waals surface area contributed by atoms with Gasteiger partial charge in [-0.2, -0.15) is 0 Å². The summed E-state index contributed by atoms with van der Waals surface area (Å²) in [5.41, 5.74) is 1.00. The molecule has 25 heavy (non-hydrogen) atoms. The average Bonchev–Trinajstić information content (AvgIpc) is 3.23. The lowest BCUT2D eigenvalue weighted by atomic mass is 10.1. The molecule has 1 aromatic carbocycles. The van der Waals surface area contributed by atoms with E-state index in [2.05, 4.69) is 5.32 Å². The standard InChI is InChI=1S/C18H22N2O3S2/c21-18(19-10-8-17-7-4-11-24-17)20(13-15-5-2-1-3-6-15)16-9-12-25(22,23)14-16/h1-7,11,16H,8-10,12-14H2,(H,19,21)/t16-/m1/s1. The zero-order chi connectivity index (χ0) is 17.7. The fourth-order valence-corrected chi connectivity index (χ4v) is 5.46. The molecule has 1 N–H and O–H groups in total. The Morgan fingerprint density at radius 2 is 2.00 bits per heavy atom. The van der Waals surface area contributed by atoms with Gasteiger partial charge in [-0.05, 0) is 29.9 Å². The number of hydrogen-bond donors (Lipinski definition) is 1. The predicted octanol–water partition coefficient (Wildman–Crippen LogP) is 2.69. The number of nitrogens with one attached hydrogen (secondary N) is 1. The lowest BCUT2D eigenvalue weighted by Crippen LogP contribution is -2.46. The second-order valence-corrected chi connectivity index (χ2v) is 9.49.